The Hall–Kier alpha value is -3.15. The van der Waals surface area contributed by atoms with Crippen molar-refractivity contribution in [3.8, 4) is 0 Å². The highest BCUT2D eigenvalue weighted by Crippen LogP contribution is 2.41. The SMILES string of the molecule is O=C(NCC(=O)N1CCCC1CCc1ccccc1)C1c2ccccc2C(=O)N1C1CC1. The van der Waals surface area contributed by atoms with Crippen LogP contribution in [0.1, 0.15) is 59.6 Å². The lowest BCUT2D eigenvalue weighted by Gasteiger charge is -2.27. The highest BCUT2D eigenvalue weighted by Gasteiger charge is 2.47. The van der Waals surface area contributed by atoms with E-state index in [9.17, 15) is 14.4 Å². The smallest absolute Gasteiger partial charge is 0.255 e. The minimum Gasteiger partial charge on any atom is -0.345 e. The number of fused-ring (bicyclic) bond motifs is 1. The fraction of sp³-hybridized carbons (Fsp3) is 0.423. The number of hydrogen-bond acceptors (Lipinski definition) is 3. The summed E-state index contributed by atoms with van der Waals surface area (Å²) >= 11 is 0. The molecule has 5 rings (SSSR count). The fourth-order valence-electron chi connectivity index (χ4n) is 5.14. The normalized spacial score (nSPS) is 22.2. The summed E-state index contributed by atoms with van der Waals surface area (Å²) in [5.74, 6) is -0.372. The van der Waals surface area contributed by atoms with Gasteiger partial charge in [-0.15, -0.1) is 0 Å². The number of carbonyl (C=O) groups is 3. The molecule has 1 saturated carbocycles. The Morgan fingerprint density at radius 1 is 0.969 bits per heavy atom. The predicted molar refractivity (Wildman–Crippen MR) is 121 cm³/mol. The number of amides is 3. The number of benzene rings is 2. The van der Waals surface area contributed by atoms with E-state index in [1.54, 1.807) is 11.0 Å². The van der Waals surface area contributed by atoms with Crippen LogP contribution >= 0.6 is 0 Å². The quantitative estimate of drug-likeness (QED) is 0.733. The molecule has 2 unspecified atom stereocenters. The maximum absolute atomic E-state index is 13.1. The molecular formula is C26H29N3O3. The molecule has 32 heavy (non-hydrogen) atoms. The van der Waals surface area contributed by atoms with Crippen LogP contribution in [0.3, 0.4) is 0 Å². The van der Waals surface area contributed by atoms with Gasteiger partial charge in [0.15, 0.2) is 0 Å². The first-order chi connectivity index (χ1) is 15.6. The highest BCUT2D eigenvalue weighted by atomic mass is 16.2. The molecule has 1 aliphatic carbocycles. The topological polar surface area (TPSA) is 69.7 Å². The van der Waals surface area contributed by atoms with Crippen molar-refractivity contribution in [3.05, 3.63) is 71.3 Å². The molecule has 2 aromatic carbocycles. The van der Waals surface area contributed by atoms with Gasteiger partial charge in [-0.05, 0) is 55.7 Å². The van der Waals surface area contributed by atoms with Gasteiger partial charge < -0.3 is 15.1 Å². The van der Waals surface area contributed by atoms with Crippen LogP contribution in [0.5, 0.6) is 0 Å². The van der Waals surface area contributed by atoms with Gasteiger partial charge in [-0.25, -0.2) is 0 Å². The Morgan fingerprint density at radius 2 is 1.72 bits per heavy atom. The van der Waals surface area contributed by atoms with Crippen LogP contribution < -0.4 is 5.32 Å². The molecule has 2 aliphatic heterocycles. The van der Waals surface area contributed by atoms with Crippen molar-refractivity contribution < 1.29 is 14.4 Å². The molecule has 0 bridgehead atoms. The Kier molecular flexibility index (Phi) is 5.68. The van der Waals surface area contributed by atoms with Gasteiger partial charge in [-0.3, -0.25) is 14.4 Å². The van der Waals surface area contributed by atoms with Crippen molar-refractivity contribution in [1.82, 2.24) is 15.1 Å². The summed E-state index contributed by atoms with van der Waals surface area (Å²) in [5, 5.41) is 2.85. The average molecular weight is 432 g/mol. The van der Waals surface area contributed by atoms with Crippen LogP contribution in [0.2, 0.25) is 0 Å². The number of rotatable bonds is 7. The van der Waals surface area contributed by atoms with Crippen LogP contribution in [-0.2, 0) is 16.0 Å². The second kappa shape index (κ2) is 8.77. The molecule has 2 fully saturated rings. The van der Waals surface area contributed by atoms with Crippen LogP contribution in [0, 0.1) is 0 Å². The molecule has 2 heterocycles. The average Bonchev–Trinajstić information content (AvgIpc) is 3.47. The summed E-state index contributed by atoms with van der Waals surface area (Å²) in [5.41, 5.74) is 2.63. The molecule has 2 atom stereocenters. The summed E-state index contributed by atoms with van der Waals surface area (Å²) in [6.45, 7) is 0.721. The first kappa shape index (κ1) is 20.7. The third-order valence-corrected chi connectivity index (χ3v) is 6.91. The lowest BCUT2D eigenvalue weighted by atomic mass is 10.0. The summed E-state index contributed by atoms with van der Waals surface area (Å²) in [6.07, 6.45) is 5.74. The first-order valence-electron chi connectivity index (χ1n) is 11.7. The van der Waals surface area contributed by atoms with Crippen molar-refractivity contribution in [3.63, 3.8) is 0 Å². The largest absolute Gasteiger partial charge is 0.345 e. The zero-order chi connectivity index (χ0) is 22.1. The molecule has 6 heteroatoms. The number of aryl methyl sites for hydroxylation is 1. The van der Waals surface area contributed by atoms with E-state index in [2.05, 4.69) is 17.4 Å². The zero-order valence-corrected chi connectivity index (χ0v) is 18.2. The molecule has 0 radical (unpaired) electrons. The van der Waals surface area contributed by atoms with Crippen molar-refractivity contribution in [2.45, 2.75) is 56.7 Å². The van der Waals surface area contributed by atoms with Gasteiger partial charge in [0.2, 0.25) is 11.8 Å². The second-order valence-electron chi connectivity index (χ2n) is 9.06. The van der Waals surface area contributed by atoms with E-state index in [-0.39, 0.29) is 36.3 Å². The number of nitrogens with one attached hydrogen (secondary N) is 1. The molecule has 166 valence electrons. The Balaban J connectivity index is 1.21. The van der Waals surface area contributed by atoms with Gasteiger partial charge in [0.05, 0.1) is 6.54 Å². The van der Waals surface area contributed by atoms with E-state index in [0.717, 1.165) is 50.6 Å². The van der Waals surface area contributed by atoms with Crippen LogP contribution in [0.25, 0.3) is 0 Å². The van der Waals surface area contributed by atoms with E-state index in [1.165, 1.54) is 5.56 Å². The molecule has 0 aromatic heterocycles. The molecule has 2 aromatic rings. The number of carbonyl (C=O) groups excluding carboxylic acids is 3. The van der Waals surface area contributed by atoms with Crippen LogP contribution in [-0.4, -0.2) is 52.7 Å². The first-order valence-corrected chi connectivity index (χ1v) is 11.7. The van der Waals surface area contributed by atoms with E-state index in [1.807, 2.05) is 41.3 Å². The van der Waals surface area contributed by atoms with Gasteiger partial charge in [0.1, 0.15) is 6.04 Å². The molecule has 1 N–H and O–H groups in total. The molecule has 3 aliphatic rings. The lowest BCUT2D eigenvalue weighted by molar-refractivity contribution is -0.134. The van der Waals surface area contributed by atoms with E-state index in [4.69, 9.17) is 0 Å². The molecule has 1 saturated heterocycles. The van der Waals surface area contributed by atoms with Gasteiger partial charge in [-0.2, -0.15) is 0 Å². The van der Waals surface area contributed by atoms with E-state index >= 15 is 0 Å². The van der Waals surface area contributed by atoms with Gasteiger partial charge in [-0.1, -0.05) is 48.5 Å². The minimum atomic E-state index is -0.633. The standard InChI is InChI=1S/C26H29N3O3/c30-23(28-16-6-9-19(28)13-12-18-7-2-1-3-8-18)17-27-25(31)24-21-10-4-5-11-22(21)26(32)29(24)20-14-15-20/h1-5,7-8,10-11,19-20,24H,6,9,12-17H2,(H,27,31). The van der Waals surface area contributed by atoms with Crippen molar-refractivity contribution in [2.75, 3.05) is 13.1 Å². The molecular weight excluding hydrogens is 402 g/mol. The van der Waals surface area contributed by atoms with Crippen LogP contribution in [0.4, 0.5) is 0 Å². The van der Waals surface area contributed by atoms with Crippen molar-refractivity contribution in [2.24, 2.45) is 0 Å². The zero-order valence-electron chi connectivity index (χ0n) is 18.2. The molecule has 6 nitrogen and oxygen atoms in total. The minimum absolute atomic E-state index is 0.0218. The monoisotopic (exact) mass is 431 g/mol. The number of hydrogen-bond donors (Lipinski definition) is 1. The summed E-state index contributed by atoms with van der Waals surface area (Å²) in [7, 11) is 0. The Labute approximate surface area is 188 Å². The number of nitrogens with zero attached hydrogens (tertiary/aromatic N) is 2. The maximum atomic E-state index is 13.1. The van der Waals surface area contributed by atoms with Gasteiger partial charge in [0, 0.05) is 24.2 Å². The number of likely N-dealkylation sites (tertiary alicyclic amines) is 1. The molecule has 0 spiro atoms. The lowest BCUT2D eigenvalue weighted by Crippen LogP contribution is -2.46. The van der Waals surface area contributed by atoms with Crippen LogP contribution in [0.15, 0.2) is 54.6 Å². The van der Waals surface area contributed by atoms with Crippen molar-refractivity contribution >= 4 is 17.7 Å². The third-order valence-electron chi connectivity index (χ3n) is 6.91. The maximum Gasteiger partial charge on any atom is 0.255 e. The molecule has 3 amide bonds. The fourth-order valence-corrected chi connectivity index (χ4v) is 5.14. The van der Waals surface area contributed by atoms with E-state index in [0.29, 0.717) is 5.56 Å². The Bertz CT molecular complexity index is 1020. The van der Waals surface area contributed by atoms with E-state index < -0.39 is 6.04 Å². The Morgan fingerprint density at radius 3 is 2.50 bits per heavy atom. The van der Waals surface area contributed by atoms with Gasteiger partial charge >= 0.3 is 0 Å². The van der Waals surface area contributed by atoms with Crippen molar-refractivity contribution in [1.29, 1.82) is 0 Å². The summed E-state index contributed by atoms with van der Waals surface area (Å²) in [6, 6.07) is 17.4. The second-order valence-corrected chi connectivity index (χ2v) is 9.06. The third kappa shape index (κ3) is 4.01. The van der Waals surface area contributed by atoms with Gasteiger partial charge in [0.25, 0.3) is 5.91 Å². The highest BCUT2D eigenvalue weighted by molar-refractivity contribution is 6.05. The summed E-state index contributed by atoms with van der Waals surface area (Å²) in [4.78, 5) is 42.6. The summed E-state index contributed by atoms with van der Waals surface area (Å²) < 4.78 is 0. The predicted octanol–water partition coefficient (Wildman–Crippen LogP) is 3.09.